The largest absolute Gasteiger partial charge is 0.464 e. The molecule has 1 heteroatoms. The number of benzene rings is 1. The molecule has 0 aliphatic heterocycles. The lowest BCUT2D eigenvalue weighted by atomic mass is 10.1. The van der Waals surface area contributed by atoms with Crippen LogP contribution in [0.4, 0.5) is 0 Å². The van der Waals surface area contributed by atoms with Gasteiger partial charge in [0.2, 0.25) is 0 Å². The van der Waals surface area contributed by atoms with Crippen LogP contribution in [0.5, 0.6) is 0 Å². The van der Waals surface area contributed by atoms with Gasteiger partial charge in [0, 0.05) is 5.56 Å². The predicted molar refractivity (Wildman–Crippen MR) is 48.9 cm³/mol. The Bertz CT molecular complexity index is 360. The Morgan fingerprint density at radius 2 is 2.00 bits per heavy atom. The summed E-state index contributed by atoms with van der Waals surface area (Å²) < 4.78 is 5.27. The average Bonchev–Trinajstić information content (AvgIpc) is 2.56. The van der Waals surface area contributed by atoms with Gasteiger partial charge in [0.1, 0.15) is 5.76 Å². The van der Waals surface area contributed by atoms with E-state index in [9.17, 15) is 0 Å². The zero-order chi connectivity index (χ0) is 8.39. The molecule has 0 atom stereocenters. The minimum absolute atomic E-state index is 0.929. The summed E-state index contributed by atoms with van der Waals surface area (Å²) in [4.78, 5) is 0. The quantitative estimate of drug-likeness (QED) is 0.620. The molecule has 0 N–H and O–H groups in total. The van der Waals surface area contributed by atoms with Crippen molar-refractivity contribution in [2.75, 3.05) is 0 Å². The van der Waals surface area contributed by atoms with E-state index in [0.29, 0.717) is 0 Å². The second-order valence-corrected chi connectivity index (χ2v) is 2.85. The molecule has 0 bridgehead atoms. The molecule has 2 aromatic rings. The first-order chi connectivity index (χ1) is 5.86. The molecule has 2 rings (SSSR count). The molecule has 1 aromatic carbocycles. The third kappa shape index (κ3) is 1.26. The van der Waals surface area contributed by atoms with Crippen LogP contribution < -0.4 is 0 Å². The molecule has 0 aliphatic rings. The Morgan fingerprint density at radius 1 is 1.08 bits per heavy atom. The Labute approximate surface area is 71.6 Å². The van der Waals surface area contributed by atoms with E-state index >= 15 is 0 Å². The molecule has 60 valence electrons. The summed E-state index contributed by atoms with van der Waals surface area (Å²) in [5, 5.41) is 0. The standard InChI is InChI=1S/C11H10O/c1-9-4-2-5-10(8-9)11-6-3-7-12-11/h2-8H,1H3. The van der Waals surface area contributed by atoms with Crippen LogP contribution in [0.2, 0.25) is 0 Å². The zero-order valence-electron chi connectivity index (χ0n) is 6.95. The number of aryl methyl sites for hydroxylation is 1. The zero-order valence-corrected chi connectivity index (χ0v) is 6.95. The van der Waals surface area contributed by atoms with Crippen LogP contribution >= 0.6 is 0 Å². The van der Waals surface area contributed by atoms with Crippen molar-refractivity contribution in [2.45, 2.75) is 6.92 Å². The van der Waals surface area contributed by atoms with Gasteiger partial charge in [0.25, 0.3) is 0 Å². The van der Waals surface area contributed by atoms with Crippen molar-refractivity contribution >= 4 is 0 Å². The van der Waals surface area contributed by atoms with Crippen LogP contribution in [-0.2, 0) is 0 Å². The minimum atomic E-state index is 0.929. The molecule has 1 aromatic heterocycles. The van der Waals surface area contributed by atoms with Crippen molar-refractivity contribution < 1.29 is 4.42 Å². The molecular formula is C11H10O. The van der Waals surface area contributed by atoms with Crippen molar-refractivity contribution in [3.63, 3.8) is 0 Å². The Morgan fingerprint density at radius 3 is 2.67 bits per heavy atom. The summed E-state index contributed by atoms with van der Waals surface area (Å²) in [6.07, 6.45) is 1.69. The third-order valence-corrected chi connectivity index (χ3v) is 1.82. The first-order valence-corrected chi connectivity index (χ1v) is 3.97. The molecule has 0 radical (unpaired) electrons. The van der Waals surface area contributed by atoms with E-state index in [2.05, 4.69) is 19.1 Å². The fourth-order valence-corrected chi connectivity index (χ4v) is 1.24. The van der Waals surface area contributed by atoms with Gasteiger partial charge >= 0.3 is 0 Å². The van der Waals surface area contributed by atoms with Crippen molar-refractivity contribution in [2.24, 2.45) is 0 Å². The van der Waals surface area contributed by atoms with Gasteiger partial charge in [-0.1, -0.05) is 23.8 Å². The third-order valence-electron chi connectivity index (χ3n) is 1.82. The second-order valence-electron chi connectivity index (χ2n) is 2.85. The maximum absolute atomic E-state index is 5.27. The summed E-state index contributed by atoms with van der Waals surface area (Å²) in [6.45, 7) is 2.08. The predicted octanol–water partition coefficient (Wildman–Crippen LogP) is 3.26. The highest BCUT2D eigenvalue weighted by Gasteiger charge is 1.98. The highest BCUT2D eigenvalue weighted by molar-refractivity contribution is 5.57. The number of furan rings is 1. The fourth-order valence-electron chi connectivity index (χ4n) is 1.24. The Kier molecular flexibility index (Phi) is 1.71. The molecule has 12 heavy (non-hydrogen) atoms. The number of rotatable bonds is 1. The summed E-state index contributed by atoms with van der Waals surface area (Å²) in [5.74, 6) is 0.929. The number of hydrogen-bond donors (Lipinski definition) is 0. The van der Waals surface area contributed by atoms with Gasteiger partial charge in [-0.15, -0.1) is 0 Å². The molecule has 0 amide bonds. The van der Waals surface area contributed by atoms with Gasteiger partial charge in [0.05, 0.1) is 6.26 Å². The van der Waals surface area contributed by atoms with Gasteiger partial charge in [-0.2, -0.15) is 0 Å². The highest BCUT2D eigenvalue weighted by atomic mass is 16.3. The van der Waals surface area contributed by atoms with Gasteiger partial charge < -0.3 is 4.42 Å². The van der Waals surface area contributed by atoms with Crippen LogP contribution in [0.15, 0.2) is 47.1 Å². The smallest absolute Gasteiger partial charge is 0.133 e. The molecule has 0 saturated carbocycles. The van der Waals surface area contributed by atoms with Crippen molar-refractivity contribution in [3.8, 4) is 11.3 Å². The maximum atomic E-state index is 5.27. The maximum Gasteiger partial charge on any atom is 0.133 e. The minimum Gasteiger partial charge on any atom is -0.464 e. The Balaban J connectivity index is 2.48. The normalized spacial score (nSPS) is 10.1. The van der Waals surface area contributed by atoms with Crippen LogP contribution in [0.1, 0.15) is 5.56 Å². The highest BCUT2D eigenvalue weighted by Crippen LogP contribution is 2.19. The van der Waals surface area contributed by atoms with Gasteiger partial charge in [0.15, 0.2) is 0 Å². The molecule has 0 unspecified atom stereocenters. The summed E-state index contributed by atoms with van der Waals surface area (Å²) in [7, 11) is 0. The summed E-state index contributed by atoms with van der Waals surface area (Å²) >= 11 is 0. The van der Waals surface area contributed by atoms with E-state index in [0.717, 1.165) is 11.3 Å². The van der Waals surface area contributed by atoms with E-state index in [1.807, 2.05) is 24.3 Å². The molecule has 0 aliphatic carbocycles. The van der Waals surface area contributed by atoms with Crippen molar-refractivity contribution in [3.05, 3.63) is 48.2 Å². The summed E-state index contributed by atoms with van der Waals surface area (Å²) in [6, 6.07) is 12.1. The molecule has 1 heterocycles. The van der Waals surface area contributed by atoms with Gasteiger partial charge in [-0.3, -0.25) is 0 Å². The van der Waals surface area contributed by atoms with E-state index in [-0.39, 0.29) is 0 Å². The van der Waals surface area contributed by atoms with E-state index < -0.39 is 0 Å². The van der Waals surface area contributed by atoms with Gasteiger partial charge in [-0.05, 0) is 25.1 Å². The van der Waals surface area contributed by atoms with Crippen LogP contribution in [0.25, 0.3) is 11.3 Å². The molecule has 0 spiro atoms. The van der Waals surface area contributed by atoms with Crippen LogP contribution in [0.3, 0.4) is 0 Å². The first-order valence-electron chi connectivity index (χ1n) is 3.97. The molecular weight excluding hydrogens is 148 g/mol. The summed E-state index contributed by atoms with van der Waals surface area (Å²) in [5.41, 5.74) is 2.39. The topological polar surface area (TPSA) is 13.1 Å². The van der Waals surface area contributed by atoms with Crippen molar-refractivity contribution in [1.29, 1.82) is 0 Å². The Hall–Kier alpha value is -1.50. The van der Waals surface area contributed by atoms with E-state index in [1.54, 1.807) is 6.26 Å². The first kappa shape index (κ1) is 7.17. The van der Waals surface area contributed by atoms with Crippen LogP contribution in [-0.4, -0.2) is 0 Å². The molecule has 1 nitrogen and oxygen atoms in total. The van der Waals surface area contributed by atoms with Gasteiger partial charge in [-0.25, -0.2) is 0 Å². The lowest BCUT2D eigenvalue weighted by Gasteiger charge is -1.96. The average molecular weight is 158 g/mol. The van der Waals surface area contributed by atoms with E-state index in [1.165, 1.54) is 5.56 Å². The lowest BCUT2D eigenvalue weighted by Crippen LogP contribution is -1.74. The van der Waals surface area contributed by atoms with E-state index in [4.69, 9.17) is 4.42 Å². The lowest BCUT2D eigenvalue weighted by molar-refractivity contribution is 0.582. The molecule has 0 fully saturated rings. The monoisotopic (exact) mass is 158 g/mol. The van der Waals surface area contributed by atoms with Crippen LogP contribution in [0, 0.1) is 6.92 Å². The SMILES string of the molecule is Cc1cccc(-c2ccco2)c1. The number of hydrogen-bond acceptors (Lipinski definition) is 1. The second kappa shape index (κ2) is 2.86. The van der Waals surface area contributed by atoms with Crippen molar-refractivity contribution in [1.82, 2.24) is 0 Å². The molecule has 0 saturated heterocycles. The fraction of sp³-hybridized carbons (Fsp3) is 0.0909.